The molecular formula is C10H26N2OSi. The van der Waals surface area contributed by atoms with Crippen molar-refractivity contribution in [3.05, 3.63) is 0 Å². The van der Waals surface area contributed by atoms with Gasteiger partial charge < -0.3 is 15.5 Å². The smallest absolute Gasteiger partial charge is 0.186 e. The maximum absolute atomic E-state index is 5.76. The van der Waals surface area contributed by atoms with Crippen LogP contribution in [0.15, 0.2) is 0 Å². The molecule has 0 amide bonds. The Kier molecular flexibility index (Phi) is 8.47. The SMILES string of the molecule is CCO[Si](C)(C)CCCCNCCN. The van der Waals surface area contributed by atoms with Gasteiger partial charge in [-0.3, -0.25) is 0 Å². The van der Waals surface area contributed by atoms with Crippen molar-refractivity contribution in [2.75, 3.05) is 26.2 Å². The van der Waals surface area contributed by atoms with Crippen LogP contribution in [0.4, 0.5) is 0 Å². The van der Waals surface area contributed by atoms with Crippen LogP contribution in [-0.2, 0) is 4.43 Å². The van der Waals surface area contributed by atoms with E-state index in [1.165, 1.54) is 18.9 Å². The van der Waals surface area contributed by atoms with E-state index in [1.54, 1.807) is 0 Å². The third-order valence-electron chi connectivity index (χ3n) is 2.24. The molecule has 0 unspecified atom stereocenters. The Hall–Kier alpha value is 0.0969. The van der Waals surface area contributed by atoms with Gasteiger partial charge in [-0.15, -0.1) is 0 Å². The van der Waals surface area contributed by atoms with Crippen LogP contribution >= 0.6 is 0 Å². The molecule has 0 aliphatic carbocycles. The maximum atomic E-state index is 5.76. The topological polar surface area (TPSA) is 47.3 Å². The van der Waals surface area contributed by atoms with E-state index in [0.717, 1.165) is 26.2 Å². The summed E-state index contributed by atoms with van der Waals surface area (Å²) in [5.74, 6) is 0. The van der Waals surface area contributed by atoms with Crippen molar-refractivity contribution in [1.29, 1.82) is 0 Å². The summed E-state index contributed by atoms with van der Waals surface area (Å²) in [4.78, 5) is 0. The summed E-state index contributed by atoms with van der Waals surface area (Å²) in [5.41, 5.74) is 5.38. The molecule has 0 aliphatic rings. The highest BCUT2D eigenvalue weighted by molar-refractivity contribution is 6.71. The molecule has 0 bridgehead atoms. The first-order valence-corrected chi connectivity index (χ1v) is 8.78. The molecule has 3 N–H and O–H groups in total. The predicted molar refractivity (Wildman–Crippen MR) is 65.1 cm³/mol. The molecule has 0 spiro atoms. The largest absolute Gasteiger partial charge is 0.418 e. The van der Waals surface area contributed by atoms with Gasteiger partial charge >= 0.3 is 0 Å². The lowest BCUT2D eigenvalue weighted by Crippen LogP contribution is -2.30. The summed E-state index contributed by atoms with van der Waals surface area (Å²) in [6.45, 7) is 10.3. The normalized spacial score (nSPS) is 12.0. The molecule has 0 saturated carbocycles. The van der Waals surface area contributed by atoms with Crippen molar-refractivity contribution >= 4 is 8.32 Å². The standard InChI is InChI=1S/C10H26N2OSi/c1-4-13-14(2,3)10-6-5-8-12-9-7-11/h12H,4-11H2,1-3H3. The summed E-state index contributed by atoms with van der Waals surface area (Å²) in [7, 11) is -1.32. The zero-order chi connectivity index (χ0) is 10.9. The molecule has 0 radical (unpaired) electrons. The minimum Gasteiger partial charge on any atom is -0.418 e. The van der Waals surface area contributed by atoms with E-state index in [9.17, 15) is 0 Å². The second-order valence-electron chi connectivity index (χ2n) is 4.19. The van der Waals surface area contributed by atoms with Crippen LogP contribution in [-0.4, -0.2) is 34.6 Å². The van der Waals surface area contributed by atoms with Gasteiger partial charge in [0.15, 0.2) is 8.32 Å². The Morgan fingerprint density at radius 3 is 2.50 bits per heavy atom. The van der Waals surface area contributed by atoms with E-state index < -0.39 is 8.32 Å². The van der Waals surface area contributed by atoms with Crippen LogP contribution < -0.4 is 11.1 Å². The molecule has 0 aliphatic heterocycles. The van der Waals surface area contributed by atoms with E-state index in [4.69, 9.17) is 10.2 Å². The van der Waals surface area contributed by atoms with Crippen molar-refractivity contribution in [3.63, 3.8) is 0 Å². The monoisotopic (exact) mass is 218 g/mol. The summed E-state index contributed by atoms with van der Waals surface area (Å²) in [6.07, 6.45) is 2.51. The fourth-order valence-corrected chi connectivity index (χ4v) is 3.52. The molecule has 0 saturated heterocycles. The van der Waals surface area contributed by atoms with Gasteiger partial charge in [0.05, 0.1) is 0 Å². The van der Waals surface area contributed by atoms with Crippen LogP contribution in [0.1, 0.15) is 19.8 Å². The number of hydrogen-bond donors (Lipinski definition) is 2. The first kappa shape index (κ1) is 14.1. The Labute approximate surface area is 89.5 Å². The number of nitrogens with two attached hydrogens (primary N) is 1. The van der Waals surface area contributed by atoms with Crippen LogP contribution in [0.2, 0.25) is 19.1 Å². The average molecular weight is 218 g/mol. The fourth-order valence-electron chi connectivity index (χ4n) is 1.49. The Bertz CT molecular complexity index is 131. The molecule has 0 aromatic carbocycles. The van der Waals surface area contributed by atoms with Gasteiger partial charge in [0.2, 0.25) is 0 Å². The summed E-state index contributed by atoms with van der Waals surface area (Å²) in [6, 6.07) is 1.27. The molecule has 4 heteroatoms. The van der Waals surface area contributed by atoms with Crippen LogP contribution in [0.3, 0.4) is 0 Å². The van der Waals surface area contributed by atoms with Crippen LogP contribution in [0, 0.1) is 0 Å². The molecule has 0 rings (SSSR count). The highest BCUT2D eigenvalue weighted by Crippen LogP contribution is 2.14. The van der Waals surface area contributed by atoms with Crippen molar-refractivity contribution in [3.8, 4) is 0 Å². The number of unbranched alkanes of at least 4 members (excludes halogenated alkanes) is 1. The maximum Gasteiger partial charge on any atom is 0.186 e. The van der Waals surface area contributed by atoms with E-state index in [-0.39, 0.29) is 0 Å². The molecule has 0 atom stereocenters. The minimum absolute atomic E-state index is 0.735. The highest BCUT2D eigenvalue weighted by atomic mass is 28.4. The molecule has 14 heavy (non-hydrogen) atoms. The first-order chi connectivity index (χ1) is 6.62. The van der Waals surface area contributed by atoms with Crippen molar-refractivity contribution in [2.24, 2.45) is 5.73 Å². The molecule has 0 aromatic rings. The third-order valence-corrected chi connectivity index (χ3v) is 4.87. The summed E-state index contributed by atoms with van der Waals surface area (Å²) in [5, 5.41) is 3.30. The predicted octanol–water partition coefficient (Wildman–Crippen LogP) is 1.56. The number of rotatable bonds is 9. The molecule has 0 fully saturated rings. The van der Waals surface area contributed by atoms with Crippen molar-refractivity contribution in [2.45, 2.75) is 38.9 Å². The lowest BCUT2D eigenvalue weighted by Gasteiger charge is -2.21. The number of nitrogens with one attached hydrogen (secondary N) is 1. The van der Waals surface area contributed by atoms with Gasteiger partial charge in [-0.1, -0.05) is 6.42 Å². The highest BCUT2D eigenvalue weighted by Gasteiger charge is 2.20. The third kappa shape index (κ3) is 8.68. The summed E-state index contributed by atoms with van der Waals surface area (Å²) >= 11 is 0. The quantitative estimate of drug-likeness (QED) is 0.456. The van der Waals surface area contributed by atoms with E-state index in [2.05, 4.69) is 25.3 Å². The molecule has 0 aromatic heterocycles. The number of hydrogen-bond acceptors (Lipinski definition) is 3. The van der Waals surface area contributed by atoms with E-state index in [0.29, 0.717) is 0 Å². The first-order valence-electron chi connectivity index (χ1n) is 5.67. The molecular weight excluding hydrogens is 192 g/mol. The summed E-state index contributed by atoms with van der Waals surface area (Å²) < 4.78 is 5.76. The van der Waals surface area contributed by atoms with E-state index in [1.807, 2.05) is 0 Å². The minimum atomic E-state index is -1.32. The molecule has 3 nitrogen and oxygen atoms in total. The Morgan fingerprint density at radius 1 is 1.21 bits per heavy atom. The van der Waals surface area contributed by atoms with Gasteiger partial charge in [-0.05, 0) is 39.0 Å². The van der Waals surface area contributed by atoms with Gasteiger partial charge in [0.1, 0.15) is 0 Å². The zero-order valence-corrected chi connectivity index (χ0v) is 10.9. The molecule has 0 heterocycles. The van der Waals surface area contributed by atoms with Gasteiger partial charge in [-0.25, -0.2) is 0 Å². The van der Waals surface area contributed by atoms with Gasteiger partial charge in [0.25, 0.3) is 0 Å². The van der Waals surface area contributed by atoms with E-state index >= 15 is 0 Å². The van der Waals surface area contributed by atoms with Crippen LogP contribution in [0.25, 0.3) is 0 Å². The second-order valence-corrected chi connectivity index (χ2v) is 8.50. The zero-order valence-electron chi connectivity index (χ0n) is 9.94. The lowest BCUT2D eigenvalue weighted by molar-refractivity contribution is 0.327. The van der Waals surface area contributed by atoms with Crippen molar-refractivity contribution < 1.29 is 4.43 Å². The Balaban J connectivity index is 3.26. The lowest BCUT2D eigenvalue weighted by atomic mass is 10.3. The Morgan fingerprint density at radius 2 is 1.93 bits per heavy atom. The molecule has 86 valence electrons. The van der Waals surface area contributed by atoms with Crippen LogP contribution in [0.5, 0.6) is 0 Å². The second kappa shape index (κ2) is 8.41. The van der Waals surface area contributed by atoms with Gasteiger partial charge in [0, 0.05) is 19.7 Å². The van der Waals surface area contributed by atoms with Gasteiger partial charge in [-0.2, -0.15) is 0 Å². The fraction of sp³-hybridized carbons (Fsp3) is 1.00. The van der Waals surface area contributed by atoms with Crippen molar-refractivity contribution in [1.82, 2.24) is 5.32 Å². The average Bonchev–Trinajstić information content (AvgIpc) is 2.11.